The molecule has 3 aliphatic rings. The molecule has 0 radical (unpaired) electrons. The molecule has 1 saturated carbocycles. The van der Waals surface area contributed by atoms with Gasteiger partial charge in [0.15, 0.2) is 0 Å². The topological polar surface area (TPSA) is 69.7 Å². The van der Waals surface area contributed by atoms with E-state index in [0.717, 1.165) is 24.9 Å². The van der Waals surface area contributed by atoms with Crippen molar-refractivity contribution in [1.82, 2.24) is 4.90 Å². The number of hydrogen-bond donors (Lipinski definition) is 1. The Morgan fingerprint density at radius 3 is 2.48 bits per heavy atom. The van der Waals surface area contributed by atoms with E-state index >= 15 is 0 Å². The van der Waals surface area contributed by atoms with Crippen LogP contribution in [-0.4, -0.2) is 41.8 Å². The fourth-order valence-electron chi connectivity index (χ4n) is 5.12. The van der Waals surface area contributed by atoms with Crippen molar-refractivity contribution >= 4 is 29.1 Å². The van der Waals surface area contributed by atoms with Gasteiger partial charge in [-0.2, -0.15) is 0 Å². The van der Waals surface area contributed by atoms with Crippen LogP contribution in [0.25, 0.3) is 0 Å². The molecule has 1 atom stereocenters. The Bertz CT molecular complexity index is 1010. The third-order valence-corrected chi connectivity index (χ3v) is 6.83. The first kappa shape index (κ1) is 19.8. The minimum Gasteiger partial charge on any atom is -0.339 e. The van der Waals surface area contributed by atoms with Crippen molar-refractivity contribution in [3.63, 3.8) is 0 Å². The van der Waals surface area contributed by atoms with Gasteiger partial charge in [0.2, 0.25) is 11.8 Å². The van der Waals surface area contributed by atoms with Crippen molar-refractivity contribution in [2.24, 2.45) is 5.92 Å². The predicted octanol–water partition coefficient (Wildman–Crippen LogP) is 3.62. The molecule has 0 spiro atoms. The van der Waals surface area contributed by atoms with Crippen LogP contribution < -0.4 is 10.2 Å². The molecule has 1 aliphatic carbocycles. The van der Waals surface area contributed by atoms with Gasteiger partial charge in [0.1, 0.15) is 0 Å². The van der Waals surface area contributed by atoms with E-state index in [9.17, 15) is 14.4 Å². The number of anilines is 2. The molecule has 31 heavy (non-hydrogen) atoms. The lowest BCUT2D eigenvalue weighted by atomic mass is 10.1. The van der Waals surface area contributed by atoms with Crippen LogP contribution in [-0.2, 0) is 16.0 Å². The van der Waals surface area contributed by atoms with E-state index in [2.05, 4.69) is 11.4 Å². The number of para-hydroxylation sites is 1. The molecular weight excluding hydrogens is 390 g/mol. The van der Waals surface area contributed by atoms with Gasteiger partial charge >= 0.3 is 0 Å². The summed E-state index contributed by atoms with van der Waals surface area (Å²) in [6.07, 6.45) is 5.59. The first-order chi connectivity index (χ1) is 15.1. The molecule has 3 amide bonds. The lowest BCUT2D eigenvalue weighted by Crippen LogP contribution is -2.35. The van der Waals surface area contributed by atoms with Crippen molar-refractivity contribution < 1.29 is 14.4 Å². The lowest BCUT2D eigenvalue weighted by Gasteiger charge is -2.23. The largest absolute Gasteiger partial charge is 0.339 e. The van der Waals surface area contributed by atoms with E-state index in [4.69, 9.17) is 0 Å². The number of amides is 3. The number of hydrogen-bond acceptors (Lipinski definition) is 3. The van der Waals surface area contributed by atoms with Gasteiger partial charge in [-0.1, -0.05) is 31.0 Å². The third-order valence-electron chi connectivity index (χ3n) is 6.83. The van der Waals surface area contributed by atoms with E-state index in [-0.39, 0.29) is 30.1 Å². The summed E-state index contributed by atoms with van der Waals surface area (Å²) >= 11 is 0. The monoisotopic (exact) mass is 417 g/mol. The van der Waals surface area contributed by atoms with Crippen LogP contribution in [0, 0.1) is 5.92 Å². The van der Waals surface area contributed by atoms with E-state index < -0.39 is 0 Å². The molecule has 2 aromatic carbocycles. The number of rotatable bonds is 4. The molecule has 0 aromatic heterocycles. The number of nitrogens with zero attached hydrogens (tertiary/aromatic N) is 2. The van der Waals surface area contributed by atoms with Gasteiger partial charge in [0.05, 0.1) is 5.92 Å². The molecule has 2 aliphatic heterocycles. The molecule has 2 fully saturated rings. The van der Waals surface area contributed by atoms with Crippen molar-refractivity contribution in [3.05, 3.63) is 59.7 Å². The summed E-state index contributed by atoms with van der Waals surface area (Å²) < 4.78 is 0. The quantitative estimate of drug-likeness (QED) is 0.826. The average Bonchev–Trinajstić information content (AvgIpc) is 3.53. The Hall–Kier alpha value is -3.15. The van der Waals surface area contributed by atoms with Crippen molar-refractivity contribution in [2.45, 2.75) is 44.6 Å². The zero-order chi connectivity index (χ0) is 21.4. The van der Waals surface area contributed by atoms with E-state index in [1.165, 1.54) is 18.4 Å². The summed E-state index contributed by atoms with van der Waals surface area (Å²) in [5.74, 6) is -0.368. The lowest BCUT2D eigenvalue weighted by molar-refractivity contribution is -0.129. The predicted molar refractivity (Wildman–Crippen MR) is 119 cm³/mol. The highest BCUT2D eigenvalue weighted by molar-refractivity contribution is 6.07. The molecule has 160 valence electrons. The Labute approximate surface area is 182 Å². The summed E-state index contributed by atoms with van der Waals surface area (Å²) in [7, 11) is 0. The van der Waals surface area contributed by atoms with Crippen LogP contribution >= 0.6 is 0 Å². The van der Waals surface area contributed by atoms with Gasteiger partial charge in [0.25, 0.3) is 5.91 Å². The normalized spacial score (nSPS) is 20.9. The van der Waals surface area contributed by atoms with Crippen LogP contribution in [0.3, 0.4) is 0 Å². The second kappa shape index (κ2) is 8.17. The third kappa shape index (κ3) is 3.82. The molecule has 2 heterocycles. The zero-order valence-corrected chi connectivity index (χ0v) is 17.5. The summed E-state index contributed by atoms with van der Waals surface area (Å²) in [6.45, 7) is 1.20. The van der Waals surface area contributed by atoms with Gasteiger partial charge < -0.3 is 15.1 Å². The zero-order valence-electron chi connectivity index (χ0n) is 17.5. The van der Waals surface area contributed by atoms with Gasteiger partial charge in [-0.3, -0.25) is 14.4 Å². The summed E-state index contributed by atoms with van der Waals surface area (Å²) in [6, 6.07) is 15.3. The highest BCUT2D eigenvalue weighted by Crippen LogP contribution is 2.31. The second-order valence-corrected chi connectivity index (χ2v) is 8.79. The highest BCUT2D eigenvalue weighted by Gasteiger charge is 2.38. The highest BCUT2D eigenvalue weighted by atomic mass is 16.2. The number of carbonyl (C=O) groups is 3. The van der Waals surface area contributed by atoms with Crippen LogP contribution in [0.5, 0.6) is 0 Å². The van der Waals surface area contributed by atoms with Gasteiger partial charge in [0, 0.05) is 42.5 Å². The summed E-state index contributed by atoms with van der Waals surface area (Å²) in [5, 5.41) is 2.92. The molecule has 0 bridgehead atoms. The van der Waals surface area contributed by atoms with Crippen molar-refractivity contribution in [3.8, 4) is 0 Å². The SMILES string of the molecule is O=C(Nc1ccc(C(=O)N2CCc3ccccc32)cc1)C1CC(=O)N(C2CCCC2)C1. The molecule has 1 unspecified atom stereocenters. The fraction of sp³-hybridized carbons (Fsp3) is 0.400. The number of fused-ring (bicyclic) bond motifs is 1. The molecular formula is C25H27N3O3. The van der Waals surface area contributed by atoms with E-state index in [0.29, 0.717) is 30.4 Å². The number of nitrogens with one attached hydrogen (secondary N) is 1. The fourth-order valence-corrected chi connectivity index (χ4v) is 5.12. The Kier molecular flexibility index (Phi) is 5.22. The number of carbonyl (C=O) groups excluding carboxylic acids is 3. The van der Waals surface area contributed by atoms with E-state index in [1.54, 1.807) is 24.3 Å². The van der Waals surface area contributed by atoms with Gasteiger partial charge in [-0.05, 0) is 55.2 Å². The Morgan fingerprint density at radius 1 is 0.968 bits per heavy atom. The molecule has 6 nitrogen and oxygen atoms in total. The minimum absolute atomic E-state index is 0.0311. The molecule has 2 aromatic rings. The minimum atomic E-state index is -0.310. The molecule has 1 saturated heterocycles. The van der Waals surface area contributed by atoms with E-state index in [1.807, 2.05) is 28.0 Å². The average molecular weight is 418 g/mol. The van der Waals surface area contributed by atoms with Crippen LogP contribution in [0.4, 0.5) is 11.4 Å². The van der Waals surface area contributed by atoms with Crippen molar-refractivity contribution in [1.29, 1.82) is 0 Å². The van der Waals surface area contributed by atoms with Crippen LogP contribution in [0.15, 0.2) is 48.5 Å². The first-order valence-electron chi connectivity index (χ1n) is 11.2. The van der Waals surface area contributed by atoms with Gasteiger partial charge in [-0.15, -0.1) is 0 Å². The maximum Gasteiger partial charge on any atom is 0.258 e. The molecule has 5 rings (SSSR count). The number of benzene rings is 2. The Morgan fingerprint density at radius 2 is 1.71 bits per heavy atom. The van der Waals surface area contributed by atoms with Crippen molar-refractivity contribution in [2.75, 3.05) is 23.3 Å². The second-order valence-electron chi connectivity index (χ2n) is 8.79. The molecule has 1 N–H and O–H groups in total. The van der Waals surface area contributed by atoms with Crippen LogP contribution in [0.2, 0.25) is 0 Å². The molecule has 6 heteroatoms. The maximum absolute atomic E-state index is 12.9. The van der Waals surface area contributed by atoms with Crippen LogP contribution in [0.1, 0.15) is 48.0 Å². The standard InChI is InChI=1S/C25H27N3O3/c29-23-15-19(16-28(23)21-6-2-3-7-21)24(30)26-20-11-9-18(10-12-20)25(31)27-14-13-17-5-1-4-8-22(17)27/h1,4-5,8-12,19,21H,2-3,6-7,13-16H2,(H,26,30). The van der Waals surface area contributed by atoms with Gasteiger partial charge in [-0.25, -0.2) is 0 Å². The smallest absolute Gasteiger partial charge is 0.258 e. The number of likely N-dealkylation sites (tertiary alicyclic amines) is 1. The first-order valence-corrected chi connectivity index (χ1v) is 11.2. The Balaban J connectivity index is 1.21. The summed E-state index contributed by atoms with van der Waals surface area (Å²) in [4.78, 5) is 41.8. The summed E-state index contributed by atoms with van der Waals surface area (Å²) in [5.41, 5.74) is 3.41. The maximum atomic E-state index is 12.9.